The summed E-state index contributed by atoms with van der Waals surface area (Å²) in [6, 6.07) is 7.33. The minimum absolute atomic E-state index is 0.391. The molecule has 0 aliphatic carbocycles. The summed E-state index contributed by atoms with van der Waals surface area (Å²) in [5.41, 5.74) is 5.34. The smallest absolute Gasteiger partial charge is 0.147 e. The van der Waals surface area contributed by atoms with Crippen LogP contribution in [0.5, 0.6) is 5.75 Å². The van der Waals surface area contributed by atoms with Crippen molar-refractivity contribution in [3.8, 4) is 5.75 Å². The molecule has 0 atom stereocenters. The van der Waals surface area contributed by atoms with Crippen molar-refractivity contribution in [1.29, 1.82) is 0 Å². The van der Waals surface area contributed by atoms with Crippen molar-refractivity contribution in [3.63, 3.8) is 0 Å². The van der Waals surface area contributed by atoms with Crippen molar-refractivity contribution < 1.29 is 4.74 Å². The topological polar surface area (TPSA) is 27.1 Å². The Kier molecular flexibility index (Phi) is 4.51. The first kappa shape index (κ1) is 16.2. The molecule has 0 saturated carbocycles. The first-order chi connectivity index (χ1) is 11.0. The molecule has 2 heterocycles. The van der Waals surface area contributed by atoms with Crippen LogP contribution in [0.15, 0.2) is 30.5 Å². The van der Waals surface area contributed by atoms with E-state index >= 15 is 0 Å². The van der Waals surface area contributed by atoms with Gasteiger partial charge in [0.25, 0.3) is 0 Å². The highest BCUT2D eigenvalue weighted by atomic mass is 35.5. The quantitative estimate of drug-likeness (QED) is 0.617. The summed E-state index contributed by atoms with van der Waals surface area (Å²) in [4.78, 5) is 4.51. The van der Waals surface area contributed by atoms with Crippen molar-refractivity contribution in [1.82, 2.24) is 9.55 Å². The number of ether oxygens (including phenoxy) is 1. The van der Waals surface area contributed by atoms with Crippen LogP contribution in [0.2, 0.25) is 10.0 Å². The van der Waals surface area contributed by atoms with E-state index in [1.165, 1.54) is 11.3 Å². The van der Waals surface area contributed by atoms with E-state index in [0.717, 1.165) is 28.9 Å². The molecule has 0 spiro atoms. The van der Waals surface area contributed by atoms with Gasteiger partial charge >= 0.3 is 0 Å². The number of benzene rings is 1. The Balaban J connectivity index is 1.99. The number of rotatable bonds is 4. The van der Waals surface area contributed by atoms with Crippen molar-refractivity contribution >= 4 is 34.2 Å². The normalized spacial score (nSPS) is 11.2. The molecular weight excluding hydrogens is 331 g/mol. The minimum atomic E-state index is 0.391. The zero-order chi connectivity index (χ0) is 16.6. The first-order valence-electron chi connectivity index (χ1n) is 7.54. The molecule has 3 aromatic rings. The Morgan fingerprint density at radius 2 is 1.96 bits per heavy atom. The van der Waals surface area contributed by atoms with E-state index in [0.29, 0.717) is 16.7 Å². The fourth-order valence-corrected chi connectivity index (χ4v) is 3.28. The molecule has 0 N–H and O–H groups in total. The predicted octanol–water partition coefficient (Wildman–Crippen LogP) is 5.56. The number of aromatic nitrogens is 2. The van der Waals surface area contributed by atoms with E-state index in [2.05, 4.69) is 30.3 Å². The molecule has 0 fully saturated rings. The van der Waals surface area contributed by atoms with Gasteiger partial charge in [-0.15, -0.1) is 0 Å². The van der Waals surface area contributed by atoms with Gasteiger partial charge < -0.3 is 9.30 Å². The highest BCUT2D eigenvalue weighted by molar-refractivity contribution is 6.35. The van der Waals surface area contributed by atoms with E-state index in [4.69, 9.17) is 27.9 Å². The molecule has 0 amide bonds. The summed E-state index contributed by atoms with van der Waals surface area (Å²) in [6.45, 7) is 7.60. The van der Waals surface area contributed by atoms with E-state index < -0.39 is 0 Å². The maximum atomic E-state index is 6.22. The van der Waals surface area contributed by atoms with Crippen LogP contribution in [0.1, 0.15) is 23.7 Å². The Hall–Kier alpha value is -1.71. The molecule has 0 bridgehead atoms. The Labute approximate surface area is 145 Å². The second-order valence-electron chi connectivity index (χ2n) is 5.49. The molecule has 5 heteroatoms. The molecule has 0 aliphatic heterocycles. The molecule has 0 aliphatic rings. The molecule has 1 aromatic carbocycles. The standard InChI is InChI=1S/C18H18Cl2N2O/c1-4-22-12(3)11(2)17-18(22)16(7-8-21-17)23-10-13-5-6-14(19)9-15(13)20/h5-9H,4,10H2,1-3H3. The van der Waals surface area contributed by atoms with E-state index in [1.807, 2.05) is 18.2 Å². The molecule has 3 nitrogen and oxygen atoms in total. The third kappa shape index (κ3) is 2.91. The van der Waals surface area contributed by atoms with Gasteiger partial charge in [-0.2, -0.15) is 0 Å². The van der Waals surface area contributed by atoms with Gasteiger partial charge in [0.15, 0.2) is 0 Å². The van der Waals surface area contributed by atoms with Gasteiger partial charge in [-0.05, 0) is 38.5 Å². The third-order valence-electron chi connectivity index (χ3n) is 4.17. The number of fused-ring (bicyclic) bond motifs is 1. The molecule has 120 valence electrons. The Morgan fingerprint density at radius 1 is 1.17 bits per heavy atom. The van der Waals surface area contributed by atoms with Crippen molar-refractivity contribution in [2.45, 2.75) is 33.9 Å². The summed E-state index contributed by atoms with van der Waals surface area (Å²) in [6.07, 6.45) is 1.79. The van der Waals surface area contributed by atoms with Gasteiger partial charge in [0.05, 0.1) is 5.52 Å². The second kappa shape index (κ2) is 6.42. The maximum Gasteiger partial charge on any atom is 0.147 e. The zero-order valence-electron chi connectivity index (χ0n) is 13.4. The van der Waals surface area contributed by atoms with Crippen LogP contribution in [0.4, 0.5) is 0 Å². The fourth-order valence-electron chi connectivity index (χ4n) is 2.82. The number of hydrogen-bond donors (Lipinski definition) is 0. The lowest BCUT2D eigenvalue weighted by Gasteiger charge is -2.11. The van der Waals surface area contributed by atoms with Crippen LogP contribution in [0.3, 0.4) is 0 Å². The Morgan fingerprint density at radius 3 is 2.65 bits per heavy atom. The highest BCUT2D eigenvalue weighted by Crippen LogP contribution is 2.31. The van der Waals surface area contributed by atoms with Crippen LogP contribution in [-0.4, -0.2) is 9.55 Å². The number of halogens is 2. The molecule has 0 radical (unpaired) electrons. The summed E-state index contributed by atoms with van der Waals surface area (Å²) in [7, 11) is 0. The van der Waals surface area contributed by atoms with Crippen LogP contribution >= 0.6 is 23.2 Å². The van der Waals surface area contributed by atoms with Crippen LogP contribution in [-0.2, 0) is 13.2 Å². The lowest BCUT2D eigenvalue weighted by Crippen LogP contribution is -2.01. The third-order valence-corrected chi connectivity index (χ3v) is 4.76. The summed E-state index contributed by atoms with van der Waals surface area (Å²) in [5.74, 6) is 0.819. The van der Waals surface area contributed by atoms with Crippen molar-refractivity contribution in [2.75, 3.05) is 0 Å². The van der Waals surface area contributed by atoms with E-state index in [9.17, 15) is 0 Å². The number of hydrogen-bond acceptors (Lipinski definition) is 2. The van der Waals surface area contributed by atoms with E-state index in [1.54, 1.807) is 12.3 Å². The van der Waals surface area contributed by atoms with Gasteiger partial charge in [-0.1, -0.05) is 29.3 Å². The molecule has 0 saturated heterocycles. The van der Waals surface area contributed by atoms with Gasteiger partial charge in [0.1, 0.15) is 17.9 Å². The SMILES string of the molecule is CCn1c(C)c(C)c2nccc(OCc3ccc(Cl)cc3Cl)c21. The summed E-state index contributed by atoms with van der Waals surface area (Å²) in [5, 5.41) is 1.23. The average Bonchev–Trinajstić information content (AvgIpc) is 2.78. The molecule has 2 aromatic heterocycles. The van der Waals surface area contributed by atoms with Gasteiger partial charge in [0, 0.05) is 40.1 Å². The lowest BCUT2D eigenvalue weighted by atomic mass is 10.2. The minimum Gasteiger partial charge on any atom is -0.487 e. The fraction of sp³-hybridized carbons (Fsp3) is 0.278. The van der Waals surface area contributed by atoms with E-state index in [-0.39, 0.29) is 0 Å². The van der Waals surface area contributed by atoms with Gasteiger partial charge in [0.2, 0.25) is 0 Å². The molecule has 3 rings (SSSR count). The first-order valence-corrected chi connectivity index (χ1v) is 8.29. The predicted molar refractivity (Wildman–Crippen MR) is 95.7 cm³/mol. The molecule has 23 heavy (non-hydrogen) atoms. The van der Waals surface area contributed by atoms with Gasteiger partial charge in [-0.3, -0.25) is 4.98 Å². The van der Waals surface area contributed by atoms with Crippen molar-refractivity contribution in [2.24, 2.45) is 0 Å². The zero-order valence-corrected chi connectivity index (χ0v) is 14.9. The lowest BCUT2D eigenvalue weighted by molar-refractivity contribution is 0.308. The van der Waals surface area contributed by atoms with Crippen molar-refractivity contribution in [3.05, 3.63) is 57.3 Å². The van der Waals surface area contributed by atoms with Crippen LogP contribution in [0, 0.1) is 13.8 Å². The summed E-state index contributed by atoms with van der Waals surface area (Å²) >= 11 is 12.2. The number of nitrogens with zero attached hydrogens (tertiary/aromatic N) is 2. The average molecular weight is 349 g/mol. The van der Waals surface area contributed by atoms with Crippen LogP contribution < -0.4 is 4.74 Å². The Bertz CT molecular complexity index is 871. The highest BCUT2D eigenvalue weighted by Gasteiger charge is 2.15. The molecule has 0 unspecified atom stereocenters. The number of pyridine rings is 1. The maximum absolute atomic E-state index is 6.22. The second-order valence-corrected chi connectivity index (χ2v) is 6.33. The monoisotopic (exact) mass is 348 g/mol. The number of aryl methyl sites for hydroxylation is 2. The summed E-state index contributed by atoms with van der Waals surface area (Å²) < 4.78 is 8.28. The van der Waals surface area contributed by atoms with Gasteiger partial charge in [-0.25, -0.2) is 0 Å². The molecular formula is C18H18Cl2N2O. The van der Waals surface area contributed by atoms with Crippen LogP contribution in [0.25, 0.3) is 11.0 Å². The largest absolute Gasteiger partial charge is 0.487 e.